The third-order valence-electron chi connectivity index (χ3n) is 3.53. The Morgan fingerprint density at radius 3 is 2.92 bits per heavy atom. The zero-order valence-corrected chi connectivity index (χ0v) is 13.3. The van der Waals surface area contributed by atoms with E-state index in [-0.39, 0.29) is 6.04 Å². The predicted molar refractivity (Wildman–Crippen MR) is 91.4 cm³/mol. The third-order valence-corrected chi connectivity index (χ3v) is 3.53. The fourth-order valence-electron chi connectivity index (χ4n) is 2.51. The molecular formula is C17H16N6O. The summed E-state index contributed by atoms with van der Waals surface area (Å²) in [5.74, 6) is 1.26. The molecule has 0 saturated carbocycles. The van der Waals surface area contributed by atoms with Gasteiger partial charge in [-0.3, -0.25) is 5.10 Å². The van der Waals surface area contributed by atoms with Crippen molar-refractivity contribution >= 4 is 17.0 Å². The van der Waals surface area contributed by atoms with Crippen LogP contribution < -0.4 is 5.32 Å². The van der Waals surface area contributed by atoms with E-state index in [1.54, 1.807) is 18.7 Å². The lowest BCUT2D eigenvalue weighted by atomic mass is 10.1. The van der Waals surface area contributed by atoms with Gasteiger partial charge in [0.05, 0.1) is 18.2 Å². The molecule has 4 aromatic heterocycles. The van der Waals surface area contributed by atoms with Gasteiger partial charge in [-0.2, -0.15) is 5.10 Å². The molecule has 0 radical (unpaired) electrons. The Morgan fingerprint density at radius 1 is 1.21 bits per heavy atom. The summed E-state index contributed by atoms with van der Waals surface area (Å²) < 4.78 is 5.55. The van der Waals surface area contributed by atoms with Gasteiger partial charge in [0.15, 0.2) is 11.4 Å². The second kappa shape index (κ2) is 5.77. The molecule has 4 heterocycles. The summed E-state index contributed by atoms with van der Waals surface area (Å²) in [7, 11) is 0. The number of hydrogen-bond donors (Lipinski definition) is 2. The Kier molecular flexibility index (Phi) is 3.45. The van der Waals surface area contributed by atoms with Gasteiger partial charge in [0, 0.05) is 23.2 Å². The summed E-state index contributed by atoms with van der Waals surface area (Å²) in [5, 5.41) is 11.1. The number of aromatic nitrogens is 5. The van der Waals surface area contributed by atoms with E-state index in [1.165, 1.54) is 0 Å². The molecule has 7 nitrogen and oxygen atoms in total. The molecule has 0 fully saturated rings. The minimum atomic E-state index is 0.249. The van der Waals surface area contributed by atoms with Gasteiger partial charge in [-0.05, 0) is 38.1 Å². The second-order valence-corrected chi connectivity index (χ2v) is 5.73. The Morgan fingerprint density at radius 2 is 2.12 bits per heavy atom. The first kappa shape index (κ1) is 14.4. The van der Waals surface area contributed by atoms with Crippen molar-refractivity contribution in [3.05, 3.63) is 42.9 Å². The summed E-state index contributed by atoms with van der Waals surface area (Å²) in [4.78, 5) is 13.5. The van der Waals surface area contributed by atoms with Gasteiger partial charge in [0.25, 0.3) is 0 Å². The molecule has 0 atom stereocenters. The van der Waals surface area contributed by atoms with Crippen LogP contribution in [0.3, 0.4) is 0 Å². The average molecular weight is 320 g/mol. The van der Waals surface area contributed by atoms with E-state index < -0.39 is 0 Å². The van der Waals surface area contributed by atoms with Crippen molar-refractivity contribution in [2.24, 2.45) is 0 Å². The highest BCUT2D eigenvalue weighted by atomic mass is 16.3. The lowest BCUT2D eigenvalue weighted by Gasteiger charge is -2.10. The summed E-state index contributed by atoms with van der Waals surface area (Å²) >= 11 is 0. The van der Waals surface area contributed by atoms with E-state index in [1.807, 2.05) is 38.1 Å². The maximum absolute atomic E-state index is 5.55. The van der Waals surface area contributed by atoms with Crippen molar-refractivity contribution in [2.45, 2.75) is 19.9 Å². The molecule has 24 heavy (non-hydrogen) atoms. The molecule has 0 spiro atoms. The molecule has 0 aliphatic rings. The van der Waals surface area contributed by atoms with E-state index in [0.717, 1.165) is 16.6 Å². The minimum absolute atomic E-state index is 0.249. The Bertz CT molecular complexity index is 974. The Balaban J connectivity index is 1.90. The number of furan rings is 1. The van der Waals surface area contributed by atoms with Crippen molar-refractivity contribution in [1.82, 2.24) is 25.1 Å². The molecule has 0 aliphatic heterocycles. The molecule has 0 bridgehead atoms. The van der Waals surface area contributed by atoms with Gasteiger partial charge >= 0.3 is 0 Å². The SMILES string of the molecule is CC(C)Nc1nccc(-c2cc3cn[nH]c3nc2-c2ccco2)n1. The van der Waals surface area contributed by atoms with Gasteiger partial charge in [-0.15, -0.1) is 0 Å². The van der Waals surface area contributed by atoms with Gasteiger partial charge < -0.3 is 9.73 Å². The monoisotopic (exact) mass is 320 g/mol. The number of pyridine rings is 1. The first-order valence-corrected chi connectivity index (χ1v) is 7.68. The number of rotatable bonds is 4. The summed E-state index contributed by atoms with van der Waals surface area (Å²) in [6.45, 7) is 4.09. The fourth-order valence-corrected chi connectivity index (χ4v) is 2.51. The molecule has 7 heteroatoms. The molecule has 2 N–H and O–H groups in total. The lowest BCUT2D eigenvalue weighted by Crippen LogP contribution is -2.12. The first-order valence-electron chi connectivity index (χ1n) is 7.68. The molecule has 4 aromatic rings. The Hall–Kier alpha value is -3.22. The van der Waals surface area contributed by atoms with Crippen molar-refractivity contribution in [2.75, 3.05) is 5.32 Å². The van der Waals surface area contributed by atoms with E-state index in [2.05, 4.69) is 30.5 Å². The van der Waals surface area contributed by atoms with Crippen LogP contribution in [0.5, 0.6) is 0 Å². The molecule has 0 unspecified atom stereocenters. The van der Waals surface area contributed by atoms with Crippen LogP contribution in [0.2, 0.25) is 0 Å². The van der Waals surface area contributed by atoms with Crippen molar-refractivity contribution in [1.29, 1.82) is 0 Å². The summed E-state index contributed by atoms with van der Waals surface area (Å²) in [5.41, 5.74) is 3.06. The molecule has 0 aromatic carbocycles. The third kappa shape index (κ3) is 2.60. The summed E-state index contributed by atoms with van der Waals surface area (Å²) in [6.07, 6.45) is 5.11. The van der Waals surface area contributed by atoms with Crippen LogP contribution in [0, 0.1) is 0 Å². The van der Waals surface area contributed by atoms with Crippen LogP contribution in [0.4, 0.5) is 5.95 Å². The Labute approximate surface area is 138 Å². The smallest absolute Gasteiger partial charge is 0.223 e. The standard InChI is InChI=1S/C17H16N6O/c1-10(2)20-17-18-6-5-13(21-17)12-8-11-9-19-23-16(11)22-15(12)14-4-3-7-24-14/h3-10H,1-2H3,(H,18,20,21)(H,19,22,23). The number of anilines is 1. The minimum Gasteiger partial charge on any atom is -0.463 e. The van der Waals surface area contributed by atoms with Gasteiger partial charge in [-0.1, -0.05) is 0 Å². The van der Waals surface area contributed by atoms with Crippen LogP contribution in [-0.2, 0) is 0 Å². The van der Waals surface area contributed by atoms with Crippen LogP contribution in [0.25, 0.3) is 33.7 Å². The highest BCUT2D eigenvalue weighted by molar-refractivity contribution is 5.87. The number of H-pyrrole nitrogens is 1. The van der Waals surface area contributed by atoms with Crippen LogP contribution >= 0.6 is 0 Å². The number of nitrogens with one attached hydrogen (secondary N) is 2. The first-order chi connectivity index (χ1) is 11.7. The van der Waals surface area contributed by atoms with Crippen molar-refractivity contribution in [3.63, 3.8) is 0 Å². The van der Waals surface area contributed by atoms with Crippen molar-refractivity contribution in [3.8, 4) is 22.7 Å². The second-order valence-electron chi connectivity index (χ2n) is 5.73. The van der Waals surface area contributed by atoms with Crippen LogP contribution in [-0.4, -0.2) is 31.2 Å². The highest BCUT2D eigenvalue weighted by Crippen LogP contribution is 2.32. The van der Waals surface area contributed by atoms with Gasteiger partial charge in [0.2, 0.25) is 5.95 Å². The quantitative estimate of drug-likeness (QED) is 0.598. The van der Waals surface area contributed by atoms with Crippen molar-refractivity contribution < 1.29 is 4.42 Å². The van der Waals surface area contributed by atoms with E-state index in [9.17, 15) is 0 Å². The topological polar surface area (TPSA) is 92.5 Å². The number of nitrogens with zero attached hydrogens (tertiary/aromatic N) is 4. The number of aromatic amines is 1. The predicted octanol–water partition coefficient (Wildman–Crippen LogP) is 3.50. The van der Waals surface area contributed by atoms with Gasteiger partial charge in [0.1, 0.15) is 5.69 Å². The van der Waals surface area contributed by atoms with E-state index >= 15 is 0 Å². The zero-order valence-electron chi connectivity index (χ0n) is 13.3. The highest BCUT2D eigenvalue weighted by Gasteiger charge is 2.16. The average Bonchev–Trinajstić information content (AvgIpc) is 3.24. The normalized spacial score (nSPS) is 11.3. The number of hydrogen-bond acceptors (Lipinski definition) is 6. The summed E-state index contributed by atoms with van der Waals surface area (Å²) in [6, 6.07) is 7.83. The zero-order chi connectivity index (χ0) is 16.5. The fraction of sp³-hybridized carbons (Fsp3) is 0.176. The van der Waals surface area contributed by atoms with E-state index in [0.29, 0.717) is 23.0 Å². The van der Waals surface area contributed by atoms with Gasteiger partial charge in [-0.25, -0.2) is 15.0 Å². The van der Waals surface area contributed by atoms with Crippen LogP contribution in [0.15, 0.2) is 47.3 Å². The van der Waals surface area contributed by atoms with E-state index in [4.69, 9.17) is 4.42 Å². The largest absolute Gasteiger partial charge is 0.463 e. The lowest BCUT2D eigenvalue weighted by molar-refractivity contribution is 0.580. The van der Waals surface area contributed by atoms with Crippen LogP contribution in [0.1, 0.15) is 13.8 Å². The molecule has 4 rings (SSSR count). The maximum Gasteiger partial charge on any atom is 0.223 e. The number of fused-ring (bicyclic) bond motifs is 1. The molecule has 0 amide bonds. The molecular weight excluding hydrogens is 304 g/mol. The maximum atomic E-state index is 5.55. The molecule has 0 aliphatic carbocycles. The molecule has 120 valence electrons. The molecule has 0 saturated heterocycles.